The third kappa shape index (κ3) is 0.949. The molecule has 0 saturated heterocycles. The van der Waals surface area contributed by atoms with Crippen molar-refractivity contribution in [2.45, 2.75) is 26.2 Å². The Morgan fingerprint density at radius 1 is 1.33 bits per heavy atom. The standard InChI is InChI=1S/C11H13ClO3/c1-7-2-3-8-4-11(7,9(12)15)10(8,5-13)6-14/h5-8H,2-4H2,1H3. The lowest BCUT2D eigenvalue weighted by molar-refractivity contribution is -0.194. The van der Waals surface area contributed by atoms with Crippen molar-refractivity contribution in [2.75, 3.05) is 0 Å². The van der Waals surface area contributed by atoms with Crippen molar-refractivity contribution in [3.63, 3.8) is 0 Å². The maximum atomic E-state index is 11.5. The van der Waals surface area contributed by atoms with E-state index in [1.807, 2.05) is 6.92 Å². The Kier molecular flexibility index (Phi) is 2.26. The van der Waals surface area contributed by atoms with Gasteiger partial charge < -0.3 is 9.59 Å². The first-order valence-corrected chi connectivity index (χ1v) is 5.55. The van der Waals surface area contributed by atoms with E-state index in [0.717, 1.165) is 12.8 Å². The number of hydrogen-bond acceptors (Lipinski definition) is 3. The van der Waals surface area contributed by atoms with Gasteiger partial charge in [-0.1, -0.05) is 6.92 Å². The predicted octanol–water partition coefficient (Wildman–Crippen LogP) is 1.57. The first-order chi connectivity index (χ1) is 7.05. The van der Waals surface area contributed by atoms with E-state index in [-0.39, 0.29) is 11.8 Å². The third-order valence-corrected chi connectivity index (χ3v) is 4.88. The van der Waals surface area contributed by atoms with E-state index in [1.54, 1.807) is 0 Å². The van der Waals surface area contributed by atoms with Gasteiger partial charge in [0.15, 0.2) is 0 Å². The molecule has 2 bridgehead atoms. The summed E-state index contributed by atoms with van der Waals surface area (Å²) in [6, 6.07) is 0. The van der Waals surface area contributed by atoms with Crippen LogP contribution in [0.15, 0.2) is 0 Å². The van der Waals surface area contributed by atoms with Crippen LogP contribution in [0.3, 0.4) is 0 Å². The second-order valence-corrected chi connectivity index (χ2v) is 5.14. The Hall–Kier alpha value is -0.700. The fourth-order valence-electron chi connectivity index (χ4n) is 3.51. The van der Waals surface area contributed by atoms with E-state index >= 15 is 0 Å². The summed E-state index contributed by atoms with van der Waals surface area (Å²) in [6.45, 7) is 1.90. The van der Waals surface area contributed by atoms with Crippen LogP contribution in [0.1, 0.15) is 26.2 Å². The highest BCUT2D eigenvalue weighted by Crippen LogP contribution is 2.69. The Morgan fingerprint density at radius 2 is 1.93 bits per heavy atom. The Labute approximate surface area is 93.2 Å². The molecule has 0 amide bonds. The van der Waals surface area contributed by atoms with Gasteiger partial charge in [-0.05, 0) is 42.7 Å². The van der Waals surface area contributed by atoms with E-state index in [4.69, 9.17) is 11.6 Å². The van der Waals surface area contributed by atoms with Crippen molar-refractivity contribution in [1.29, 1.82) is 0 Å². The van der Waals surface area contributed by atoms with Crippen LogP contribution in [0.5, 0.6) is 0 Å². The van der Waals surface area contributed by atoms with E-state index in [9.17, 15) is 14.4 Å². The zero-order valence-corrected chi connectivity index (χ0v) is 9.29. The molecule has 0 heterocycles. The van der Waals surface area contributed by atoms with Gasteiger partial charge in [0.05, 0.1) is 10.8 Å². The molecule has 0 aromatic heterocycles. The summed E-state index contributed by atoms with van der Waals surface area (Å²) < 4.78 is 0. The second-order valence-electron chi connectivity index (χ2n) is 4.79. The monoisotopic (exact) mass is 228 g/mol. The zero-order chi connectivity index (χ0) is 11.3. The first kappa shape index (κ1) is 10.8. The largest absolute Gasteiger partial charge is 0.302 e. The summed E-state index contributed by atoms with van der Waals surface area (Å²) >= 11 is 5.62. The van der Waals surface area contributed by atoms with Gasteiger partial charge in [0.2, 0.25) is 5.24 Å². The molecule has 0 aromatic rings. The minimum absolute atomic E-state index is 0.0166. The van der Waals surface area contributed by atoms with Crippen LogP contribution < -0.4 is 0 Å². The summed E-state index contributed by atoms with van der Waals surface area (Å²) in [6.07, 6.45) is 3.58. The van der Waals surface area contributed by atoms with Gasteiger partial charge in [-0.15, -0.1) is 0 Å². The van der Waals surface area contributed by atoms with Crippen LogP contribution >= 0.6 is 11.6 Å². The number of hydrogen-bond donors (Lipinski definition) is 0. The van der Waals surface area contributed by atoms with Crippen LogP contribution in [0.4, 0.5) is 0 Å². The minimum Gasteiger partial charge on any atom is -0.302 e. The predicted molar refractivity (Wildman–Crippen MR) is 54.4 cm³/mol. The van der Waals surface area contributed by atoms with Gasteiger partial charge in [-0.2, -0.15) is 0 Å². The SMILES string of the molecule is CC1CCC2CC1(C(=O)Cl)C2(C=O)C=O. The molecule has 4 heteroatoms. The molecule has 15 heavy (non-hydrogen) atoms. The lowest BCUT2D eigenvalue weighted by atomic mass is 9.37. The van der Waals surface area contributed by atoms with Crippen molar-refractivity contribution >= 4 is 29.4 Å². The van der Waals surface area contributed by atoms with Crippen molar-refractivity contribution in [1.82, 2.24) is 0 Å². The Balaban J connectivity index is 2.52. The Morgan fingerprint density at radius 3 is 2.27 bits per heavy atom. The van der Waals surface area contributed by atoms with Crippen molar-refractivity contribution in [3.8, 4) is 0 Å². The molecule has 0 spiro atoms. The van der Waals surface area contributed by atoms with E-state index in [0.29, 0.717) is 19.0 Å². The van der Waals surface area contributed by atoms with Crippen molar-refractivity contribution in [3.05, 3.63) is 0 Å². The number of fused-ring (bicyclic) bond motifs is 2. The fourth-order valence-corrected chi connectivity index (χ4v) is 3.94. The maximum Gasteiger partial charge on any atom is 0.229 e. The van der Waals surface area contributed by atoms with Crippen LogP contribution in [0.25, 0.3) is 0 Å². The molecule has 0 aromatic carbocycles. The molecule has 0 N–H and O–H groups in total. The number of carbonyl (C=O) groups is 3. The fraction of sp³-hybridized carbons (Fsp3) is 0.727. The van der Waals surface area contributed by atoms with E-state index < -0.39 is 16.1 Å². The molecule has 82 valence electrons. The van der Waals surface area contributed by atoms with Gasteiger partial charge in [0, 0.05) is 0 Å². The summed E-state index contributed by atoms with van der Waals surface area (Å²) in [5.41, 5.74) is -2.05. The normalized spacial score (nSPS) is 41.5. The summed E-state index contributed by atoms with van der Waals surface area (Å²) in [5.74, 6) is 0.0364. The van der Waals surface area contributed by atoms with Gasteiger partial charge in [0.25, 0.3) is 0 Å². The van der Waals surface area contributed by atoms with Crippen LogP contribution in [-0.2, 0) is 14.4 Å². The third-order valence-electron chi connectivity index (χ3n) is 4.55. The van der Waals surface area contributed by atoms with Gasteiger partial charge in [-0.25, -0.2) is 0 Å². The summed E-state index contributed by atoms with van der Waals surface area (Å²) in [5, 5.41) is -0.523. The first-order valence-electron chi connectivity index (χ1n) is 5.17. The van der Waals surface area contributed by atoms with Crippen LogP contribution in [0, 0.1) is 22.7 Å². The van der Waals surface area contributed by atoms with Gasteiger partial charge >= 0.3 is 0 Å². The molecule has 0 aliphatic heterocycles. The van der Waals surface area contributed by atoms with E-state index in [2.05, 4.69) is 0 Å². The highest BCUT2D eigenvalue weighted by atomic mass is 35.5. The minimum atomic E-state index is -1.14. The van der Waals surface area contributed by atoms with Crippen LogP contribution in [-0.4, -0.2) is 17.8 Å². The van der Waals surface area contributed by atoms with Gasteiger partial charge in [0.1, 0.15) is 12.6 Å². The second kappa shape index (κ2) is 3.14. The topological polar surface area (TPSA) is 51.2 Å². The summed E-state index contributed by atoms with van der Waals surface area (Å²) in [4.78, 5) is 33.9. The quantitative estimate of drug-likeness (QED) is 0.419. The molecule has 3 atom stereocenters. The molecule has 3 fully saturated rings. The Bertz CT molecular complexity index is 331. The van der Waals surface area contributed by atoms with Crippen molar-refractivity contribution < 1.29 is 14.4 Å². The molecule has 3 unspecified atom stereocenters. The number of halogens is 1. The maximum absolute atomic E-state index is 11.5. The molecular weight excluding hydrogens is 216 g/mol. The molecular formula is C11H13ClO3. The lowest BCUT2D eigenvalue weighted by Crippen LogP contribution is -2.68. The van der Waals surface area contributed by atoms with Crippen molar-refractivity contribution in [2.24, 2.45) is 22.7 Å². The van der Waals surface area contributed by atoms with Gasteiger partial charge in [-0.3, -0.25) is 4.79 Å². The number of rotatable bonds is 3. The molecule has 3 saturated carbocycles. The zero-order valence-electron chi connectivity index (χ0n) is 8.53. The van der Waals surface area contributed by atoms with E-state index in [1.165, 1.54) is 0 Å². The number of carbonyl (C=O) groups excluding carboxylic acids is 3. The van der Waals surface area contributed by atoms with Crippen LogP contribution in [0.2, 0.25) is 0 Å². The molecule has 3 aliphatic rings. The smallest absolute Gasteiger partial charge is 0.229 e. The molecule has 3 rings (SSSR count). The summed E-state index contributed by atoms with van der Waals surface area (Å²) in [7, 11) is 0. The number of aldehydes is 2. The molecule has 0 radical (unpaired) electrons. The molecule has 3 aliphatic carbocycles. The average Bonchev–Trinajstić information content (AvgIpc) is 2.19. The molecule has 3 nitrogen and oxygen atoms in total. The average molecular weight is 229 g/mol. The lowest BCUT2D eigenvalue weighted by Gasteiger charge is -2.63. The highest BCUT2D eigenvalue weighted by molar-refractivity contribution is 6.65. The highest BCUT2D eigenvalue weighted by Gasteiger charge is 2.73.